The number of carboxylic acids is 4. The third kappa shape index (κ3) is 11.3. The fourth-order valence-electron chi connectivity index (χ4n) is 1.06. The van der Waals surface area contributed by atoms with Crippen LogP contribution in [0.4, 0.5) is 0 Å². The van der Waals surface area contributed by atoms with Crippen LogP contribution >= 0.6 is 0 Å². The molecule has 0 aromatic rings. The number of hydrogen-bond donors (Lipinski definition) is 6. The summed E-state index contributed by atoms with van der Waals surface area (Å²) in [6.07, 6.45) is -2.36. The molecule has 7 N–H and O–H groups in total. The fraction of sp³-hybridized carbons (Fsp3) is 0.545. The summed E-state index contributed by atoms with van der Waals surface area (Å²) in [6.45, 7) is -0.0622. The Labute approximate surface area is 124 Å². The van der Waals surface area contributed by atoms with Crippen molar-refractivity contribution in [1.29, 1.82) is 0 Å². The van der Waals surface area contributed by atoms with Gasteiger partial charge in [-0.25, -0.2) is 4.79 Å². The van der Waals surface area contributed by atoms with E-state index in [2.05, 4.69) is 0 Å². The summed E-state index contributed by atoms with van der Waals surface area (Å²) in [7, 11) is 0. The van der Waals surface area contributed by atoms with Crippen molar-refractivity contribution in [1.82, 2.24) is 0 Å². The first-order valence-electron chi connectivity index (χ1n) is 5.77. The summed E-state index contributed by atoms with van der Waals surface area (Å²) < 4.78 is 0. The predicted molar refractivity (Wildman–Crippen MR) is 68.0 cm³/mol. The van der Waals surface area contributed by atoms with Crippen molar-refractivity contribution in [2.75, 3.05) is 6.54 Å². The molecule has 0 bridgehead atoms. The summed E-state index contributed by atoms with van der Waals surface area (Å²) in [4.78, 5) is 50.6. The topological polar surface area (TPSA) is 213 Å². The lowest BCUT2D eigenvalue weighted by atomic mass is 9.96. The van der Waals surface area contributed by atoms with Crippen LogP contribution in [0, 0.1) is 0 Å². The minimum atomic E-state index is -2.74. The normalized spacial score (nSPS) is 10.1. The quantitative estimate of drug-likeness (QED) is 0.276. The van der Waals surface area contributed by atoms with Gasteiger partial charge in [-0.15, -0.1) is 0 Å². The van der Waals surface area contributed by atoms with Gasteiger partial charge in [0.15, 0.2) is 5.60 Å². The molecule has 0 aliphatic heterocycles. The summed E-state index contributed by atoms with van der Waals surface area (Å²) >= 11 is 0. The first-order valence-corrected chi connectivity index (χ1v) is 5.77. The highest BCUT2D eigenvalue weighted by atomic mass is 16.4. The SMILES string of the molecule is NCC(=O)CCC(=O)O.O=C(O)CC(O)(CC(=O)O)C(=O)O. The van der Waals surface area contributed by atoms with Gasteiger partial charge in [-0.2, -0.15) is 0 Å². The third-order valence-electron chi connectivity index (χ3n) is 2.13. The summed E-state index contributed by atoms with van der Waals surface area (Å²) in [5.74, 6) is -6.19. The number of hydrogen-bond acceptors (Lipinski definition) is 7. The average molecular weight is 323 g/mol. The molecule has 0 aliphatic carbocycles. The van der Waals surface area contributed by atoms with Gasteiger partial charge in [-0.05, 0) is 0 Å². The van der Waals surface area contributed by atoms with E-state index in [1.807, 2.05) is 0 Å². The maximum Gasteiger partial charge on any atom is 0.336 e. The number of carbonyl (C=O) groups is 5. The molecule has 0 heterocycles. The maximum absolute atomic E-state index is 10.3. The molecule has 0 saturated carbocycles. The lowest BCUT2D eigenvalue weighted by Gasteiger charge is -2.18. The molecular formula is C11H17NO10. The predicted octanol–water partition coefficient (Wildman–Crippen LogP) is -1.87. The van der Waals surface area contributed by atoms with Gasteiger partial charge in [0.05, 0.1) is 25.8 Å². The van der Waals surface area contributed by atoms with Crippen LogP contribution in [0.5, 0.6) is 0 Å². The molecule has 0 unspecified atom stereocenters. The number of aliphatic carboxylic acids is 4. The van der Waals surface area contributed by atoms with Crippen LogP contribution in [0.3, 0.4) is 0 Å². The molecule has 0 rings (SSSR count). The number of Topliss-reactive ketones (excluding diaryl/α,β-unsaturated/α-hetero) is 1. The van der Waals surface area contributed by atoms with Gasteiger partial charge in [-0.3, -0.25) is 19.2 Å². The van der Waals surface area contributed by atoms with Crippen molar-refractivity contribution in [2.45, 2.75) is 31.3 Å². The lowest BCUT2D eigenvalue weighted by Crippen LogP contribution is -2.42. The van der Waals surface area contributed by atoms with Gasteiger partial charge in [0, 0.05) is 6.42 Å². The van der Waals surface area contributed by atoms with Crippen LogP contribution in [-0.2, 0) is 24.0 Å². The molecule has 0 aromatic carbocycles. The second kappa shape index (κ2) is 10.2. The van der Waals surface area contributed by atoms with Crippen molar-refractivity contribution in [3.05, 3.63) is 0 Å². The summed E-state index contributed by atoms with van der Waals surface area (Å²) in [5, 5.41) is 41.9. The number of carbonyl (C=O) groups excluding carboxylic acids is 1. The fourth-order valence-corrected chi connectivity index (χ4v) is 1.06. The number of carboxylic acid groups (broad SMARTS) is 4. The number of nitrogens with two attached hydrogens (primary N) is 1. The van der Waals surface area contributed by atoms with Crippen LogP contribution in [0.2, 0.25) is 0 Å². The number of ketones is 1. The molecule has 0 amide bonds. The Bertz CT molecular complexity index is 428. The largest absolute Gasteiger partial charge is 0.481 e. The molecule has 22 heavy (non-hydrogen) atoms. The van der Waals surface area contributed by atoms with E-state index in [0.717, 1.165) is 0 Å². The van der Waals surface area contributed by atoms with Gasteiger partial charge in [-0.1, -0.05) is 0 Å². The summed E-state index contributed by atoms with van der Waals surface area (Å²) in [5.41, 5.74) is 2.18. The Kier molecular flexibility index (Phi) is 10.1. The standard InChI is InChI=1S/C6H8O7.C5H9NO3/c7-3(8)1-6(13,5(11)12)2-4(9)10;6-3-4(7)1-2-5(8)9/h13H,1-2H2,(H,7,8)(H,9,10)(H,11,12);1-3,6H2,(H,8,9). The van der Waals surface area contributed by atoms with Gasteiger partial charge < -0.3 is 31.3 Å². The molecule has 0 aliphatic rings. The minimum absolute atomic E-state index is 0.0475. The van der Waals surface area contributed by atoms with Gasteiger partial charge in [0.25, 0.3) is 0 Å². The van der Waals surface area contributed by atoms with Crippen molar-refractivity contribution in [3.8, 4) is 0 Å². The van der Waals surface area contributed by atoms with Crippen molar-refractivity contribution < 1.29 is 49.5 Å². The maximum atomic E-state index is 10.3. The molecule has 0 spiro atoms. The second-order valence-electron chi connectivity index (χ2n) is 4.11. The van der Waals surface area contributed by atoms with Crippen molar-refractivity contribution in [3.63, 3.8) is 0 Å². The highest BCUT2D eigenvalue weighted by molar-refractivity contribution is 5.88. The van der Waals surface area contributed by atoms with Crippen molar-refractivity contribution in [2.24, 2.45) is 5.73 Å². The minimum Gasteiger partial charge on any atom is -0.481 e. The second-order valence-corrected chi connectivity index (χ2v) is 4.11. The monoisotopic (exact) mass is 323 g/mol. The summed E-state index contributed by atoms with van der Waals surface area (Å²) in [6, 6.07) is 0. The molecule has 126 valence electrons. The number of aliphatic hydroxyl groups is 1. The zero-order valence-corrected chi connectivity index (χ0v) is 11.4. The number of rotatable bonds is 9. The van der Waals surface area contributed by atoms with Crippen molar-refractivity contribution >= 4 is 29.7 Å². The molecule has 0 fully saturated rings. The van der Waals surface area contributed by atoms with Gasteiger partial charge in [0.2, 0.25) is 0 Å². The van der Waals surface area contributed by atoms with E-state index in [1.165, 1.54) is 0 Å². The molecule has 0 saturated heterocycles. The smallest absolute Gasteiger partial charge is 0.336 e. The third-order valence-corrected chi connectivity index (χ3v) is 2.13. The Hall–Kier alpha value is -2.53. The van der Waals surface area contributed by atoms with Crippen LogP contribution in [0.1, 0.15) is 25.7 Å². The molecular weight excluding hydrogens is 306 g/mol. The van der Waals surface area contributed by atoms with Gasteiger partial charge in [0.1, 0.15) is 5.78 Å². The average Bonchev–Trinajstić information content (AvgIpc) is 2.34. The highest BCUT2D eigenvalue weighted by Crippen LogP contribution is 2.15. The van der Waals surface area contributed by atoms with Crippen LogP contribution in [0.25, 0.3) is 0 Å². The zero-order valence-electron chi connectivity index (χ0n) is 11.4. The lowest BCUT2D eigenvalue weighted by molar-refractivity contribution is -0.170. The molecule has 11 nitrogen and oxygen atoms in total. The van der Waals surface area contributed by atoms with E-state index < -0.39 is 42.3 Å². The van der Waals surface area contributed by atoms with E-state index in [4.69, 9.17) is 31.3 Å². The molecule has 0 radical (unpaired) electrons. The van der Waals surface area contributed by atoms with E-state index >= 15 is 0 Å². The Morgan fingerprint density at radius 1 is 0.773 bits per heavy atom. The van der Waals surface area contributed by atoms with Gasteiger partial charge >= 0.3 is 23.9 Å². The Balaban J connectivity index is 0. The van der Waals surface area contributed by atoms with Crippen LogP contribution in [0.15, 0.2) is 0 Å². The molecule has 0 atom stereocenters. The van der Waals surface area contributed by atoms with E-state index in [9.17, 15) is 24.0 Å². The van der Waals surface area contributed by atoms with Crippen LogP contribution in [-0.4, -0.2) is 67.3 Å². The van der Waals surface area contributed by atoms with E-state index in [-0.39, 0.29) is 25.2 Å². The first-order chi connectivity index (χ1) is 9.94. The van der Waals surface area contributed by atoms with E-state index in [1.54, 1.807) is 0 Å². The highest BCUT2D eigenvalue weighted by Gasteiger charge is 2.40. The molecule has 0 aromatic heterocycles. The Morgan fingerprint density at radius 2 is 1.18 bits per heavy atom. The first kappa shape index (κ1) is 21.8. The Morgan fingerprint density at radius 3 is 1.41 bits per heavy atom. The zero-order chi connectivity index (χ0) is 17.9. The molecule has 11 heteroatoms. The van der Waals surface area contributed by atoms with Crippen LogP contribution < -0.4 is 5.73 Å². The van der Waals surface area contributed by atoms with E-state index in [0.29, 0.717) is 0 Å².